The summed E-state index contributed by atoms with van der Waals surface area (Å²) in [7, 11) is 0. The van der Waals surface area contributed by atoms with E-state index in [2.05, 4.69) is 46.7 Å². The van der Waals surface area contributed by atoms with E-state index < -0.39 is 0 Å². The molecule has 0 spiro atoms. The maximum Gasteiger partial charge on any atom is 0.156 e. The molecule has 3 nitrogen and oxygen atoms in total. The van der Waals surface area contributed by atoms with E-state index in [0.717, 1.165) is 53.7 Å². The monoisotopic (exact) mass is 441 g/mol. The van der Waals surface area contributed by atoms with Crippen LogP contribution in [0.5, 0.6) is 0 Å². The first-order valence-electron chi connectivity index (χ1n) is 13.6. The summed E-state index contributed by atoms with van der Waals surface area (Å²) in [5.41, 5.74) is 2.30. The Balaban J connectivity index is 1.54. The summed E-state index contributed by atoms with van der Waals surface area (Å²) in [4.78, 5) is 12.2. The van der Waals surface area contributed by atoms with Crippen LogP contribution in [0, 0.1) is 52.3 Å². The molecule has 4 rings (SSSR count). The summed E-state index contributed by atoms with van der Waals surface area (Å²) in [5, 5.41) is 13.7. The van der Waals surface area contributed by atoms with Crippen LogP contribution >= 0.6 is 0 Å². The van der Waals surface area contributed by atoms with Crippen LogP contribution in [-0.2, 0) is 4.79 Å². The van der Waals surface area contributed by atoms with Crippen molar-refractivity contribution >= 4 is 11.5 Å². The van der Waals surface area contributed by atoms with Crippen LogP contribution in [0.3, 0.4) is 0 Å². The van der Waals surface area contributed by atoms with E-state index in [1.165, 1.54) is 44.9 Å². The van der Waals surface area contributed by atoms with Crippen LogP contribution < -0.4 is 0 Å². The van der Waals surface area contributed by atoms with Gasteiger partial charge in [0, 0.05) is 6.42 Å². The molecule has 0 radical (unpaired) electrons. The van der Waals surface area contributed by atoms with Crippen molar-refractivity contribution in [1.82, 2.24) is 0 Å². The first-order chi connectivity index (χ1) is 15.2. The van der Waals surface area contributed by atoms with E-state index in [9.17, 15) is 10.0 Å². The average molecular weight is 442 g/mol. The largest absolute Gasteiger partial charge is 0.411 e. The molecular weight excluding hydrogens is 394 g/mol. The second kappa shape index (κ2) is 8.91. The van der Waals surface area contributed by atoms with Gasteiger partial charge in [0.1, 0.15) is 0 Å². The number of fused-ring (bicyclic) bond motifs is 5. The van der Waals surface area contributed by atoms with Crippen LogP contribution in [0.2, 0.25) is 0 Å². The van der Waals surface area contributed by atoms with Crippen molar-refractivity contribution in [2.24, 2.45) is 57.4 Å². The molecule has 0 aromatic carbocycles. The Labute approximate surface area is 196 Å². The van der Waals surface area contributed by atoms with Gasteiger partial charge in [-0.05, 0) is 109 Å². The van der Waals surface area contributed by atoms with Crippen molar-refractivity contribution in [3.05, 3.63) is 11.6 Å². The molecule has 3 heteroatoms. The normalized spacial score (nSPS) is 42.3. The summed E-state index contributed by atoms with van der Waals surface area (Å²) < 4.78 is 0. The number of hydrogen-bond acceptors (Lipinski definition) is 3. The highest BCUT2D eigenvalue weighted by Crippen LogP contribution is 2.67. The maximum atomic E-state index is 12.2. The van der Waals surface area contributed by atoms with E-state index >= 15 is 0 Å². The smallest absolute Gasteiger partial charge is 0.156 e. The topological polar surface area (TPSA) is 49.7 Å². The van der Waals surface area contributed by atoms with Gasteiger partial charge in [-0.3, -0.25) is 4.79 Å². The predicted octanol–water partition coefficient (Wildman–Crippen LogP) is 7.67. The van der Waals surface area contributed by atoms with Crippen molar-refractivity contribution in [3.8, 4) is 0 Å². The molecule has 0 aliphatic heterocycles. The Hall–Kier alpha value is -1.12. The van der Waals surface area contributed by atoms with E-state index in [4.69, 9.17) is 0 Å². The molecule has 4 aliphatic carbocycles. The Morgan fingerprint density at radius 1 is 1.09 bits per heavy atom. The Bertz CT molecular complexity index is 782. The lowest BCUT2D eigenvalue weighted by Gasteiger charge is -2.58. The minimum Gasteiger partial charge on any atom is -0.411 e. The fourth-order valence-electron chi connectivity index (χ4n) is 9.17. The molecule has 0 aromatic heterocycles. The fraction of sp³-hybridized carbons (Fsp3) is 0.862. The molecule has 3 saturated carbocycles. The number of ketones is 1. The quantitative estimate of drug-likeness (QED) is 0.339. The molecule has 32 heavy (non-hydrogen) atoms. The lowest BCUT2D eigenvalue weighted by molar-refractivity contribution is -0.116. The lowest BCUT2D eigenvalue weighted by atomic mass is 9.46. The molecule has 1 N–H and O–H groups in total. The number of carbonyl (C=O) groups excluding carboxylic acids is 1. The molecule has 0 unspecified atom stereocenters. The third kappa shape index (κ3) is 3.80. The number of oxime groups is 1. The van der Waals surface area contributed by atoms with Gasteiger partial charge in [-0.1, -0.05) is 59.5 Å². The Kier molecular flexibility index (Phi) is 6.69. The summed E-state index contributed by atoms with van der Waals surface area (Å²) in [6, 6.07) is 0. The highest BCUT2D eigenvalue weighted by atomic mass is 16.4. The first-order valence-corrected chi connectivity index (χ1v) is 13.6. The summed E-state index contributed by atoms with van der Waals surface area (Å²) in [6.07, 6.45) is 13.6. The van der Waals surface area contributed by atoms with Gasteiger partial charge >= 0.3 is 0 Å². The number of rotatable bonds is 6. The number of hydrogen-bond donors (Lipinski definition) is 1. The summed E-state index contributed by atoms with van der Waals surface area (Å²) in [6.45, 7) is 14.6. The molecule has 8 atom stereocenters. The fourth-order valence-corrected chi connectivity index (χ4v) is 9.17. The molecule has 0 saturated heterocycles. The second-order valence-corrected chi connectivity index (χ2v) is 12.8. The van der Waals surface area contributed by atoms with Gasteiger partial charge < -0.3 is 5.21 Å². The molecule has 0 heterocycles. The van der Waals surface area contributed by atoms with Crippen LogP contribution in [0.25, 0.3) is 0 Å². The second-order valence-electron chi connectivity index (χ2n) is 12.8. The van der Waals surface area contributed by atoms with Gasteiger partial charge in [0.05, 0.1) is 5.71 Å². The molecular formula is C29H47NO2. The number of allylic oxidation sites excluding steroid dienone is 1. The molecule has 180 valence electrons. The number of nitrogens with zero attached hydrogens (tertiary/aromatic N) is 1. The molecule has 4 aliphatic rings. The number of carbonyl (C=O) groups is 1. The van der Waals surface area contributed by atoms with Crippen LogP contribution in [-0.4, -0.2) is 16.7 Å². The summed E-state index contributed by atoms with van der Waals surface area (Å²) >= 11 is 0. The van der Waals surface area contributed by atoms with Gasteiger partial charge in [-0.25, -0.2) is 0 Å². The van der Waals surface area contributed by atoms with Crippen molar-refractivity contribution in [1.29, 1.82) is 0 Å². The minimum absolute atomic E-state index is 0.00896. The Morgan fingerprint density at radius 3 is 2.50 bits per heavy atom. The molecule has 0 aromatic rings. The van der Waals surface area contributed by atoms with E-state index in [1.807, 2.05) is 6.08 Å². The van der Waals surface area contributed by atoms with Gasteiger partial charge in [-0.15, -0.1) is 0 Å². The standard InChI is InChI=1S/C29H47NO2/c1-7-20(18(2)3)9-8-19(4)23-10-11-24-22-17-27(30-32)26-16-21(31)12-14-29(26,6)25(22)13-15-28(23,24)5/h16,18-20,22-25,32H,7-15,17H2,1-6H3/t19-,20-,22+,23-,24+,25+,28-,29-/m1/s1. The zero-order chi connectivity index (χ0) is 23.3. The molecule has 0 bridgehead atoms. The minimum atomic E-state index is 0.00896. The Morgan fingerprint density at radius 2 is 1.84 bits per heavy atom. The highest BCUT2D eigenvalue weighted by molar-refractivity contribution is 6.08. The van der Waals surface area contributed by atoms with Gasteiger partial charge in [0.2, 0.25) is 0 Å². The lowest BCUT2D eigenvalue weighted by Crippen LogP contribution is -2.53. The van der Waals surface area contributed by atoms with Crippen molar-refractivity contribution in [3.63, 3.8) is 0 Å². The maximum absolute atomic E-state index is 12.2. The zero-order valence-corrected chi connectivity index (χ0v) is 21.5. The predicted molar refractivity (Wildman–Crippen MR) is 132 cm³/mol. The van der Waals surface area contributed by atoms with E-state index in [1.54, 1.807) is 0 Å². The first kappa shape index (κ1) is 24.0. The van der Waals surface area contributed by atoms with Gasteiger partial charge in [0.25, 0.3) is 0 Å². The van der Waals surface area contributed by atoms with Crippen molar-refractivity contribution in [2.75, 3.05) is 0 Å². The molecule has 3 fully saturated rings. The third-order valence-corrected chi connectivity index (χ3v) is 11.1. The highest BCUT2D eigenvalue weighted by Gasteiger charge is 2.60. The summed E-state index contributed by atoms with van der Waals surface area (Å²) in [5.74, 6) is 5.44. The van der Waals surface area contributed by atoms with Gasteiger partial charge in [-0.2, -0.15) is 0 Å². The average Bonchev–Trinajstić information content (AvgIpc) is 3.11. The van der Waals surface area contributed by atoms with Gasteiger partial charge in [0.15, 0.2) is 5.78 Å². The van der Waals surface area contributed by atoms with E-state index in [0.29, 0.717) is 23.7 Å². The zero-order valence-electron chi connectivity index (χ0n) is 21.5. The van der Waals surface area contributed by atoms with Crippen LogP contribution in [0.4, 0.5) is 0 Å². The van der Waals surface area contributed by atoms with Crippen LogP contribution in [0.15, 0.2) is 16.8 Å². The van der Waals surface area contributed by atoms with E-state index in [-0.39, 0.29) is 11.2 Å². The van der Waals surface area contributed by atoms with Crippen molar-refractivity contribution < 1.29 is 10.0 Å². The third-order valence-electron chi connectivity index (χ3n) is 11.1. The van der Waals surface area contributed by atoms with Crippen LogP contribution in [0.1, 0.15) is 106 Å². The van der Waals surface area contributed by atoms with Crippen molar-refractivity contribution in [2.45, 2.75) is 106 Å². The molecule has 0 amide bonds. The SMILES string of the molecule is CC[C@H](CC[C@@H](C)[C@H]1CC[C@H]2[C@@H]3CC(=NO)C4=CC(=O)CC[C@]4(C)[C@H]3CC[C@]12C)C(C)C.